The van der Waals surface area contributed by atoms with E-state index < -0.39 is 10.2 Å². The Bertz CT molecular complexity index is 381. The average Bonchev–Trinajstić information content (AvgIpc) is 2.35. The summed E-state index contributed by atoms with van der Waals surface area (Å²) in [6, 6.07) is 0. The molecule has 0 amide bonds. The van der Waals surface area contributed by atoms with Crippen molar-refractivity contribution in [2.75, 3.05) is 18.8 Å². The summed E-state index contributed by atoms with van der Waals surface area (Å²) in [5.41, 5.74) is 0.755. The normalized spacial score (nSPS) is 12.0. The van der Waals surface area contributed by atoms with Gasteiger partial charge in [-0.05, 0) is 6.92 Å². The molecule has 0 aliphatic carbocycles. The van der Waals surface area contributed by atoms with Crippen LogP contribution >= 0.6 is 0 Å². The summed E-state index contributed by atoms with van der Waals surface area (Å²) in [4.78, 5) is 0. The van der Waals surface area contributed by atoms with E-state index in [2.05, 4.69) is 14.9 Å². The fraction of sp³-hybridized carbons (Fsp3) is 0.500. The fourth-order valence-electron chi connectivity index (χ4n) is 0.670. The van der Waals surface area contributed by atoms with Crippen LogP contribution in [0.5, 0.6) is 0 Å². The first kappa shape index (κ1) is 10.0. The molecular formula is C6H12N4O2S. The average molecular weight is 204 g/mol. The lowest BCUT2D eigenvalue weighted by atomic mass is 10.4. The van der Waals surface area contributed by atoms with E-state index in [1.54, 1.807) is 13.1 Å². The summed E-state index contributed by atoms with van der Waals surface area (Å²) in [5, 5.41) is 6.24. The van der Waals surface area contributed by atoms with E-state index >= 15 is 0 Å². The minimum Gasteiger partial charge on any atom is -0.262 e. The topological polar surface area (TPSA) is 78.1 Å². The van der Waals surface area contributed by atoms with Crippen LogP contribution in [0.4, 0.5) is 5.82 Å². The molecule has 2 N–H and O–H groups in total. The Morgan fingerprint density at radius 2 is 2.15 bits per heavy atom. The summed E-state index contributed by atoms with van der Waals surface area (Å²) in [6.45, 7) is 1.76. The molecule has 0 aliphatic heterocycles. The monoisotopic (exact) mass is 204 g/mol. The SMILES string of the molecule is Cc1cn[nH]c1NS(=O)(=O)N(C)C. The summed E-state index contributed by atoms with van der Waals surface area (Å²) in [5.74, 6) is 0.397. The molecule has 0 atom stereocenters. The first-order valence-corrected chi connectivity index (χ1v) is 5.08. The number of aromatic nitrogens is 2. The summed E-state index contributed by atoms with van der Waals surface area (Å²) in [7, 11) is -0.527. The molecule has 13 heavy (non-hydrogen) atoms. The van der Waals surface area contributed by atoms with Crippen LogP contribution in [0.2, 0.25) is 0 Å². The molecule has 0 aromatic carbocycles. The molecule has 0 spiro atoms. The second-order valence-corrected chi connectivity index (χ2v) is 4.70. The molecule has 1 aromatic rings. The van der Waals surface area contributed by atoms with Gasteiger partial charge in [0.15, 0.2) is 0 Å². The van der Waals surface area contributed by atoms with E-state index in [0.29, 0.717) is 5.82 Å². The van der Waals surface area contributed by atoms with Gasteiger partial charge in [0, 0.05) is 19.7 Å². The number of anilines is 1. The zero-order valence-electron chi connectivity index (χ0n) is 7.70. The standard InChI is InChI=1S/C6H12N4O2S/c1-5-4-7-8-6(5)9-13(11,12)10(2)3/h4H,1-3H3,(H2,7,8,9). The van der Waals surface area contributed by atoms with Crippen LogP contribution in [0, 0.1) is 6.92 Å². The minimum absolute atomic E-state index is 0.397. The maximum Gasteiger partial charge on any atom is 0.302 e. The summed E-state index contributed by atoms with van der Waals surface area (Å²) in [6.07, 6.45) is 1.55. The maximum absolute atomic E-state index is 11.3. The Hall–Kier alpha value is -1.08. The van der Waals surface area contributed by atoms with Gasteiger partial charge in [-0.3, -0.25) is 9.82 Å². The molecule has 0 saturated heterocycles. The first-order chi connectivity index (χ1) is 5.93. The second-order valence-electron chi connectivity index (χ2n) is 2.82. The number of nitrogens with one attached hydrogen (secondary N) is 2. The predicted molar refractivity (Wildman–Crippen MR) is 49.6 cm³/mol. The third kappa shape index (κ3) is 2.19. The number of aromatic amines is 1. The quantitative estimate of drug-likeness (QED) is 0.723. The predicted octanol–water partition coefficient (Wildman–Crippen LogP) is -0.0636. The highest BCUT2D eigenvalue weighted by Gasteiger charge is 2.14. The van der Waals surface area contributed by atoms with Crippen molar-refractivity contribution in [2.24, 2.45) is 0 Å². The molecule has 1 heterocycles. The largest absolute Gasteiger partial charge is 0.302 e. The molecule has 0 aliphatic rings. The lowest BCUT2D eigenvalue weighted by molar-refractivity contribution is 0.526. The van der Waals surface area contributed by atoms with E-state index in [-0.39, 0.29) is 0 Å². The third-order valence-electron chi connectivity index (χ3n) is 1.54. The molecule has 0 radical (unpaired) electrons. The van der Waals surface area contributed by atoms with Gasteiger partial charge in [0.1, 0.15) is 5.82 Å². The van der Waals surface area contributed by atoms with Crippen molar-refractivity contribution < 1.29 is 8.42 Å². The number of H-pyrrole nitrogens is 1. The highest BCUT2D eigenvalue weighted by molar-refractivity contribution is 7.90. The molecule has 7 heteroatoms. The van der Waals surface area contributed by atoms with Gasteiger partial charge in [-0.1, -0.05) is 0 Å². The second kappa shape index (κ2) is 3.35. The minimum atomic E-state index is -3.43. The van der Waals surface area contributed by atoms with Gasteiger partial charge >= 0.3 is 10.2 Å². The number of nitrogens with zero attached hydrogens (tertiary/aromatic N) is 2. The van der Waals surface area contributed by atoms with Crippen LogP contribution in [-0.2, 0) is 10.2 Å². The van der Waals surface area contributed by atoms with Gasteiger partial charge in [-0.15, -0.1) is 0 Å². The van der Waals surface area contributed by atoms with E-state index in [0.717, 1.165) is 9.87 Å². The zero-order valence-corrected chi connectivity index (χ0v) is 8.51. The Balaban J connectivity index is 2.88. The van der Waals surface area contributed by atoms with Crippen molar-refractivity contribution in [2.45, 2.75) is 6.92 Å². The molecule has 0 fully saturated rings. The molecule has 74 valence electrons. The zero-order chi connectivity index (χ0) is 10.1. The molecule has 1 rings (SSSR count). The van der Waals surface area contributed by atoms with Gasteiger partial charge in [-0.25, -0.2) is 0 Å². The molecule has 0 unspecified atom stereocenters. The molecular weight excluding hydrogens is 192 g/mol. The first-order valence-electron chi connectivity index (χ1n) is 3.63. The summed E-state index contributed by atoms with van der Waals surface area (Å²) >= 11 is 0. The van der Waals surface area contributed by atoms with Gasteiger partial charge < -0.3 is 0 Å². The van der Waals surface area contributed by atoms with Crippen molar-refractivity contribution in [3.05, 3.63) is 11.8 Å². The van der Waals surface area contributed by atoms with E-state index in [4.69, 9.17) is 0 Å². The molecule has 6 nitrogen and oxygen atoms in total. The molecule has 1 aromatic heterocycles. The van der Waals surface area contributed by atoms with Crippen LogP contribution in [-0.4, -0.2) is 37.0 Å². The lowest BCUT2D eigenvalue weighted by Gasteiger charge is -2.12. The van der Waals surface area contributed by atoms with Crippen LogP contribution in [0.25, 0.3) is 0 Å². The number of rotatable bonds is 3. The van der Waals surface area contributed by atoms with Gasteiger partial charge in [0.05, 0.1) is 6.20 Å². The smallest absolute Gasteiger partial charge is 0.262 e. The van der Waals surface area contributed by atoms with Gasteiger partial charge in [-0.2, -0.15) is 17.8 Å². The van der Waals surface area contributed by atoms with Crippen molar-refractivity contribution in [1.82, 2.24) is 14.5 Å². The molecule has 0 saturated carbocycles. The molecule has 0 bridgehead atoms. The van der Waals surface area contributed by atoms with Crippen LogP contribution in [0.3, 0.4) is 0 Å². The Labute approximate surface area is 77.1 Å². The van der Waals surface area contributed by atoms with Gasteiger partial charge in [0.2, 0.25) is 0 Å². The summed E-state index contributed by atoms with van der Waals surface area (Å²) < 4.78 is 26.1. The Kier molecular flexibility index (Phi) is 2.58. The van der Waals surface area contributed by atoms with E-state index in [9.17, 15) is 8.42 Å². The van der Waals surface area contributed by atoms with E-state index in [1.165, 1.54) is 14.1 Å². The fourth-order valence-corrected chi connectivity index (χ4v) is 1.32. The maximum atomic E-state index is 11.3. The number of aryl methyl sites for hydroxylation is 1. The van der Waals surface area contributed by atoms with Crippen molar-refractivity contribution in [3.8, 4) is 0 Å². The van der Waals surface area contributed by atoms with E-state index in [1.807, 2.05) is 0 Å². The van der Waals surface area contributed by atoms with Gasteiger partial charge in [0.25, 0.3) is 0 Å². The van der Waals surface area contributed by atoms with Crippen LogP contribution in [0.15, 0.2) is 6.20 Å². The number of hydrogen-bond donors (Lipinski definition) is 2. The van der Waals surface area contributed by atoms with Crippen LogP contribution in [0.1, 0.15) is 5.56 Å². The van der Waals surface area contributed by atoms with Crippen LogP contribution < -0.4 is 4.72 Å². The highest BCUT2D eigenvalue weighted by atomic mass is 32.2. The Morgan fingerprint density at radius 1 is 1.54 bits per heavy atom. The van der Waals surface area contributed by atoms with Crippen molar-refractivity contribution in [1.29, 1.82) is 0 Å². The number of hydrogen-bond acceptors (Lipinski definition) is 3. The lowest BCUT2D eigenvalue weighted by Crippen LogP contribution is -2.29. The highest BCUT2D eigenvalue weighted by Crippen LogP contribution is 2.10. The van der Waals surface area contributed by atoms with Crippen molar-refractivity contribution in [3.63, 3.8) is 0 Å². The Morgan fingerprint density at radius 3 is 2.54 bits per heavy atom. The van der Waals surface area contributed by atoms with Crippen molar-refractivity contribution >= 4 is 16.0 Å². The third-order valence-corrected chi connectivity index (χ3v) is 2.96.